The van der Waals surface area contributed by atoms with Crippen molar-refractivity contribution in [3.8, 4) is 11.5 Å². The minimum Gasteiger partial charge on any atom is -0.490 e. The van der Waals surface area contributed by atoms with E-state index in [4.69, 9.17) is 32.7 Å². The Hall–Kier alpha value is -2.03. The van der Waals surface area contributed by atoms with E-state index >= 15 is 0 Å². The van der Waals surface area contributed by atoms with Crippen LogP contribution in [0, 0.1) is 0 Å². The van der Waals surface area contributed by atoms with Crippen LogP contribution in [0.2, 0.25) is 10.0 Å². The molecule has 3 rings (SSSR count). The maximum atomic E-state index is 6.22. The SMILES string of the molecule is CCOc1cc(CNc2nnnn2C)c(Br)cc1OCc1ccc(Cl)cc1Cl. The molecule has 3 aromatic rings. The van der Waals surface area contributed by atoms with Crippen molar-refractivity contribution in [3.63, 3.8) is 0 Å². The van der Waals surface area contributed by atoms with Crippen LogP contribution in [-0.2, 0) is 20.2 Å². The number of rotatable bonds is 8. The molecule has 0 saturated carbocycles. The first kappa shape index (κ1) is 20.7. The molecule has 0 saturated heterocycles. The molecule has 7 nitrogen and oxygen atoms in total. The third kappa shape index (κ3) is 5.06. The van der Waals surface area contributed by atoms with Gasteiger partial charge in [0.2, 0.25) is 5.95 Å². The Labute approximate surface area is 181 Å². The molecule has 148 valence electrons. The Morgan fingerprint density at radius 1 is 1.11 bits per heavy atom. The Balaban J connectivity index is 1.77. The average molecular weight is 487 g/mol. The van der Waals surface area contributed by atoms with Gasteiger partial charge in [0, 0.05) is 33.7 Å². The van der Waals surface area contributed by atoms with Crippen LogP contribution in [0.25, 0.3) is 0 Å². The molecule has 1 aromatic heterocycles. The fraction of sp³-hybridized carbons (Fsp3) is 0.278. The van der Waals surface area contributed by atoms with Crippen LogP contribution in [0.15, 0.2) is 34.8 Å². The molecule has 0 aliphatic carbocycles. The predicted octanol–water partition coefficient (Wildman–Crippen LogP) is 4.87. The summed E-state index contributed by atoms with van der Waals surface area (Å²) >= 11 is 15.8. The zero-order chi connectivity index (χ0) is 20.1. The van der Waals surface area contributed by atoms with Gasteiger partial charge in [0.15, 0.2) is 11.5 Å². The molecule has 0 fully saturated rings. The van der Waals surface area contributed by atoms with Crippen LogP contribution < -0.4 is 14.8 Å². The number of nitrogens with zero attached hydrogens (tertiary/aromatic N) is 4. The van der Waals surface area contributed by atoms with Gasteiger partial charge in [0.05, 0.1) is 6.61 Å². The summed E-state index contributed by atoms with van der Waals surface area (Å²) < 4.78 is 14.2. The van der Waals surface area contributed by atoms with Crippen molar-refractivity contribution in [1.82, 2.24) is 20.2 Å². The molecule has 1 heterocycles. The van der Waals surface area contributed by atoms with Crippen molar-refractivity contribution in [2.75, 3.05) is 11.9 Å². The van der Waals surface area contributed by atoms with Gasteiger partial charge in [-0.05, 0) is 47.2 Å². The largest absolute Gasteiger partial charge is 0.490 e. The zero-order valence-corrected chi connectivity index (χ0v) is 18.3. The first-order valence-electron chi connectivity index (χ1n) is 8.46. The minimum atomic E-state index is 0.296. The Kier molecular flexibility index (Phi) is 6.98. The second-order valence-corrected chi connectivity index (χ2v) is 7.53. The van der Waals surface area contributed by atoms with Gasteiger partial charge in [-0.2, -0.15) is 0 Å². The fourth-order valence-corrected chi connectivity index (χ4v) is 3.37. The number of hydrogen-bond acceptors (Lipinski definition) is 6. The van der Waals surface area contributed by atoms with Crippen LogP contribution in [-0.4, -0.2) is 26.8 Å². The number of anilines is 1. The predicted molar refractivity (Wildman–Crippen MR) is 112 cm³/mol. The number of hydrogen-bond donors (Lipinski definition) is 1. The summed E-state index contributed by atoms with van der Waals surface area (Å²) in [6.07, 6.45) is 0. The highest BCUT2D eigenvalue weighted by molar-refractivity contribution is 9.10. The van der Waals surface area contributed by atoms with Gasteiger partial charge in [-0.3, -0.25) is 0 Å². The van der Waals surface area contributed by atoms with Crippen LogP contribution >= 0.6 is 39.1 Å². The molecule has 0 radical (unpaired) electrons. The summed E-state index contributed by atoms with van der Waals surface area (Å²) in [5, 5.41) is 15.6. The highest BCUT2D eigenvalue weighted by Gasteiger charge is 2.13. The van der Waals surface area contributed by atoms with Crippen molar-refractivity contribution >= 4 is 45.1 Å². The van der Waals surface area contributed by atoms with Crippen molar-refractivity contribution in [1.29, 1.82) is 0 Å². The molecule has 0 atom stereocenters. The minimum absolute atomic E-state index is 0.296. The van der Waals surface area contributed by atoms with Gasteiger partial charge in [-0.1, -0.05) is 50.3 Å². The van der Waals surface area contributed by atoms with Gasteiger partial charge in [0.1, 0.15) is 6.61 Å². The molecule has 0 spiro atoms. The van der Waals surface area contributed by atoms with Crippen molar-refractivity contribution < 1.29 is 9.47 Å². The smallest absolute Gasteiger partial charge is 0.242 e. The third-order valence-corrected chi connectivity index (χ3v) is 5.19. The van der Waals surface area contributed by atoms with Gasteiger partial charge in [-0.15, -0.1) is 0 Å². The third-order valence-electron chi connectivity index (χ3n) is 3.87. The molecule has 1 N–H and O–H groups in total. The highest BCUT2D eigenvalue weighted by Crippen LogP contribution is 2.35. The molecular formula is C18H18BrCl2N5O2. The molecule has 28 heavy (non-hydrogen) atoms. The molecular weight excluding hydrogens is 469 g/mol. The fourth-order valence-electron chi connectivity index (χ4n) is 2.44. The first-order valence-corrected chi connectivity index (χ1v) is 10.0. The van der Waals surface area contributed by atoms with Crippen LogP contribution in [0.3, 0.4) is 0 Å². The Bertz CT molecular complexity index is 967. The second-order valence-electron chi connectivity index (χ2n) is 5.83. The normalized spacial score (nSPS) is 10.8. The van der Waals surface area contributed by atoms with E-state index < -0.39 is 0 Å². The maximum absolute atomic E-state index is 6.22. The topological polar surface area (TPSA) is 74.1 Å². The molecule has 2 aromatic carbocycles. The monoisotopic (exact) mass is 485 g/mol. The van der Waals surface area contributed by atoms with Gasteiger partial charge >= 0.3 is 0 Å². The summed E-state index contributed by atoms with van der Waals surface area (Å²) in [5.74, 6) is 1.83. The Morgan fingerprint density at radius 2 is 1.89 bits per heavy atom. The molecule has 0 aliphatic heterocycles. The number of benzene rings is 2. The number of halogens is 3. The van der Waals surface area contributed by atoms with Crippen LogP contribution in [0.4, 0.5) is 5.95 Å². The van der Waals surface area contributed by atoms with Crippen molar-refractivity contribution in [2.45, 2.75) is 20.1 Å². The van der Waals surface area contributed by atoms with E-state index in [1.54, 1.807) is 23.9 Å². The molecule has 0 amide bonds. The molecule has 0 bridgehead atoms. The first-order chi connectivity index (χ1) is 13.5. The van der Waals surface area contributed by atoms with E-state index in [9.17, 15) is 0 Å². The lowest BCUT2D eigenvalue weighted by Gasteiger charge is -2.16. The standard InChI is InChI=1S/C18H18BrCl2N5O2/c1-3-27-16-6-12(9-22-18-23-24-25-26(18)2)14(19)8-17(16)28-10-11-4-5-13(20)7-15(11)21/h4-8H,3,9-10H2,1-2H3,(H,22,23,25). The summed E-state index contributed by atoms with van der Waals surface area (Å²) in [7, 11) is 1.77. The number of tetrazole rings is 1. The zero-order valence-electron chi connectivity index (χ0n) is 15.2. The molecule has 10 heteroatoms. The van der Waals surface area contributed by atoms with E-state index in [1.807, 2.05) is 25.1 Å². The number of nitrogens with one attached hydrogen (secondary N) is 1. The maximum Gasteiger partial charge on any atom is 0.242 e. The van der Waals surface area contributed by atoms with E-state index in [0.717, 1.165) is 15.6 Å². The van der Waals surface area contributed by atoms with Gasteiger partial charge in [0.25, 0.3) is 0 Å². The summed E-state index contributed by atoms with van der Waals surface area (Å²) in [5.41, 5.74) is 1.81. The van der Waals surface area contributed by atoms with Gasteiger partial charge in [-0.25, -0.2) is 4.68 Å². The summed E-state index contributed by atoms with van der Waals surface area (Å²) in [6.45, 7) is 3.24. The highest BCUT2D eigenvalue weighted by atomic mass is 79.9. The lowest BCUT2D eigenvalue weighted by Crippen LogP contribution is -2.07. The van der Waals surface area contributed by atoms with E-state index in [2.05, 4.69) is 36.8 Å². The number of aromatic nitrogens is 4. The van der Waals surface area contributed by atoms with Crippen LogP contribution in [0.5, 0.6) is 11.5 Å². The van der Waals surface area contributed by atoms with E-state index in [-0.39, 0.29) is 0 Å². The molecule has 0 aliphatic rings. The average Bonchev–Trinajstić information content (AvgIpc) is 3.06. The van der Waals surface area contributed by atoms with Crippen molar-refractivity contribution in [2.24, 2.45) is 7.05 Å². The molecule has 0 unspecified atom stereocenters. The number of aryl methyl sites for hydroxylation is 1. The summed E-state index contributed by atoms with van der Waals surface area (Å²) in [4.78, 5) is 0. The summed E-state index contributed by atoms with van der Waals surface area (Å²) in [6, 6.07) is 9.11. The van der Waals surface area contributed by atoms with E-state index in [0.29, 0.717) is 47.3 Å². The Morgan fingerprint density at radius 3 is 2.57 bits per heavy atom. The van der Waals surface area contributed by atoms with Crippen molar-refractivity contribution in [3.05, 3.63) is 56.0 Å². The lowest BCUT2D eigenvalue weighted by atomic mass is 10.2. The lowest BCUT2D eigenvalue weighted by molar-refractivity contribution is 0.269. The van der Waals surface area contributed by atoms with Crippen LogP contribution in [0.1, 0.15) is 18.1 Å². The number of ether oxygens (including phenoxy) is 2. The second kappa shape index (κ2) is 9.45. The van der Waals surface area contributed by atoms with E-state index in [1.165, 1.54) is 0 Å². The van der Waals surface area contributed by atoms with Gasteiger partial charge < -0.3 is 14.8 Å². The quantitative estimate of drug-likeness (QED) is 0.489.